The van der Waals surface area contributed by atoms with E-state index < -0.39 is 0 Å². The molecule has 1 amide bonds. The minimum atomic E-state index is -0.0950. The second-order valence-electron chi connectivity index (χ2n) is 5.01. The number of amides is 1. The van der Waals surface area contributed by atoms with Gasteiger partial charge in [0.1, 0.15) is 0 Å². The second kappa shape index (κ2) is 6.68. The number of carbonyl (C=O) groups excluding carboxylic acids is 1. The van der Waals surface area contributed by atoms with Crippen LogP contribution in [-0.2, 0) is 22.5 Å². The molecule has 0 aromatic heterocycles. The van der Waals surface area contributed by atoms with Gasteiger partial charge in [0.2, 0.25) is 5.91 Å². The Kier molecular flexibility index (Phi) is 4.93. The lowest BCUT2D eigenvalue weighted by molar-refractivity contribution is -0.132. The molecule has 0 bridgehead atoms. The molecule has 4 heteroatoms. The quantitative estimate of drug-likeness (QED) is 0.811. The van der Waals surface area contributed by atoms with Gasteiger partial charge in [-0.1, -0.05) is 24.3 Å². The van der Waals surface area contributed by atoms with Crippen molar-refractivity contribution in [3.05, 3.63) is 35.4 Å². The second-order valence-corrected chi connectivity index (χ2v) is 5.01. The van der Waals surface area contributed by atoms with E-state index in [1.165, 1.54) is 11.1 Å². The van der Waals surface area contributed by atoms with Crippen molar-refractivity contribution in [2.75, 3.05) is 27.3 Å². The van der Waals surface area contributed by atoms with Gasteiger partial charge in [-0.15, -0.1) is 0 Å². The summed E-state index contributed by atoms with van der Waals surface area (Å²) in [6, 6.07) is 8.21. The van der Waals surface area contributed by atoms with Crippen LogP contribution in [-0.4, -0.2) is 44.2 Å². The van der Waals surface area contributed by atoms with Crippen molar-refractivity contribution in [2.45, 2.75) is 25.4 Å². The van der Waals surface area contributed by atoms with Crippen molar-refractivity contribution in [3.63, 3.8) is 0 Å². The molecule has 1 heterocycles. The van der Waals surface area contributed by atoms with E-state index in [9.17, 15) is 4.79 Å². The Morgan fingerprint density at radius 3 is 2.89 bits per heavy atom. The lowest BCUT2D eigenvalue weighted by Gasteiger charge is -2.29. The largest absolute Gasteiger partial charge is 0.385 e. The van der Waals surface area contributed by atoms with Crippen LogP contribution in [0.25, 0.3) is 0 Å². The third-order valence-electron chi connectivity index (χ3n) is 3.60. The summed E-state index contributed by atoms with van der Waals surface area (Å²) in [7, 11) is 3.54. The van der Waals surface area contributed by atoms with Gasteiger partial charge in [-0.05, 0) is 24.0 Å². The van der Waals surface area contributed by atoms with Gasteiger partial charge in [-0.2, -0.15) is 0 Å². The summed E-state index contributed by atoms with van der Waals surface area (Å²) >= 11 is 0. The minimum absolute atomic E-state index is 0.0950. The predicted octanol–water partition coefficient (Wildman–Crippen LogP) is 1.20. The number of ether oxygens (including phenoxy) is 1. The molecule has 1 aliphatic rings. The zero-order valence-corrected chi connectivity index (χ0v) is 11.7. The first kappa shape index (κ1) is 14.0. The first-order valence-electron chi connectivity index (χ1n) is 6.76. The minimum Gasteiger partial charge on any atom is -0.385 e. The average molecular weight is 262 g/mol. The fourth-order valence-electron chi connectivity index (χ4n) is 2.45. The number of methoxy groups -OCH3 is 1. The number of likely N-dealkylation sites (N-methyl/N-ethyl adjacent to an activating group) is 1. The van der Waals surface area contributed by atoms with Crippen LogP contribution >= 0.6 is 0 Å². The van der Waals surface area contributed by atoms with E-state index in [2.05, 4.69) is 17.4 Å². The van der Waals surface area contributed by atoms with Crippen molar-refractivity contribution in [3.8, 4) is 0 Å². The first-order valence-corrected chi connectivity index (χ1v) is 6.76. The molecule has 104 valence electrons. The van der Waals surface area contributed by atoms with E-state index in [0.717, 1.165) is 25.9 Å². The Labute approximate surface area is 114 Å². The van der Waals surface area contributed by atoms with Gasteiger partial charge in [0.15, 0.2) is 0 Å². The lowest BCUT2D eigenvalue weighted by Crippen LogP contribution is -2.48. The summed E-state index contributed by atoms with van der Waals surface area (Å²) in [6.45, 7) is 2.21. The van der Waals surface area contributed by atoms with E-state index in [0.29, 0.717) is 6.61 Å². The van der Waals surface area contributed by atoms with E-state index in [4.69, 9.17) is 4.74 Å². The molecule has 0 fully saturated rings. The lowest BCUT2D eigenvalue weighted by atomic mass is 9.95. The van der Waals surface area contributed by atoms with E-state index in [1.54, 1.807) is 12.0 Å². The molecule has 1 atom stereocenters. The Balaban J connectivity index is 1.91. The molecule has 1 aliphatic heterocycles. The van der Waals surface area contributed by atoms with Crippen molar-refractivity contribution in [1.82, 2.24) is 10.2 Å². The number of hydrogen-bond donors (Lipinski definition) is 1. The summed E-state index contributed by atoms with van der Waals surface area (Å²) in [4.78, 5) is 14.1. The molecular formula is C15H22N2O2. The van der Waals surface area contributed by atoms with Gasteiger partial charge in [0.05, 0.1) is 6.04 Å². The number of carbonyl (C=O) groups is 1. The number of nitrogens with zero attached hydrogens (tertiary/aromatic N) is 1. The highest BCUT2D eigenvalue weighted by Crippen LogP contribution is 2.17. The maximum Gasteiger partial charge on any atom is 0.239 e. The summed E-state index contributed by atoms with van der Waals surface area (Å²) in [5.74, 6) is 0.172. The molecule has 1 aromatic rings. The number of fused-ring (bicyclic) bond motifs is 1. The monoisotopic (exact) mass is 262 g/mol. The molecule has 0 radical (unpaired) electrons. The zero-order valence-electron chi connectivity index (χ0n) is 11.7. The van der Waals surface area contributed by atoms with Gasteiger partial charge in [-0.3, -0.25) is 4.79 Å². The van der Waals surface area contributed by atoms with Gasteiger partial charge < -0.3 is 15.0 Å². The summed E-state index contributed by atoms with van der Waals surface area (Å²) < 4.78 is 5.01. The standard InChI is InChI=1S/C15H22N2O2/c1-17(8-5-9-19-2)15(18)14-10-12-6-3-4-7-13(12)11-16-14/h3-4,6-7,14,16H,5,8-11H2,1-2H3/t14-/m1/s1. The van der Waals surface area contributed by atoms with Crippen LogP contribution in [0.2, 0.25) is 0 Å². The van der Waals surface area contributed by atoms with Crippen molar-refractivity contribution in [2.24, 2.45) is 0 Å². The van der Waals surface area contributed by atoms with Crippen LogP contribution in [0, 0.1) is 0 Å². The predicted molar refractivity (Wildman–Crippen MR) is 74.9 cm³/mol. The highest BCUT2D eigenvalue weighted by atomic mass is 16.5. The third kappa shape index (κ3) is 3.55. The maximum atomic E-state index is 12.3. The molecule has 0 saturated carbocycles. The van der Waals surface area contributed by atoms with Gasteiger partial charge in [-0.25, -0.2) is 0 Å². The molecular weight excluding hydrogens is 240 g/mol. The van der Waals surface area contributed by atoms with Crippen molar-refractivity contribution >= 4 is 5.91 Å². The SMILES string of the molecule is COCCCN(C)C(=O)[C@H]1Cc2ccccc2CN1. The highest BCUT2D eigenvalue weighted by molar-refractivity contribution is 5.82. The molecule has 0 saturated heterocycles. The zero-order chi connectivity index (χ0) is 13.7. The van der Waals surface area contributed by atoms with Crippen LogP contribution in [0.3, 0.4) is 0 Å². The molecule has 4 nitrogen and oxygen atoms in total. The fourth-order valence-corrected chi connectivity index (χ4v) is 2.45. The smallest absolute Gasteiger partial charge is 0.239 e. The third-order valence-corrected chi connectivity index (χ3v) is 3.60. The number of rotatable bonds is 5. The van der Waals surface area contributed by atoms with Crippen LogP contribution in [0.5, 0.6) is 0 Å². The van der Waals surface area contributed by atoms with Gasteiger partial charge >= 0.3 is 0 Å². The van der Waals surface area contributed by atoms with Gasteiger partial charge in [0.25, 0.3) is 0 Å². The number of nitrogens with one attached hydrogen (secondary N) is 1. The molecule has 19 heavy (non-hydrogen) atoms. The fraction of sp³-hybridized carbons (Fsp3) is 0.533. The molecule has 0 unspecified atom stereocenters. The van der Waals surface area contributed by atoms with Crippen LogP contribution < -0.4 is 5.32 Å². The average Bonchev–Trinajstić information content (AvgIpc) is 2.46. The van der Waals surface area contributed by atoms with Crippen LogP contribution in [0.4, 0.5) is 0 Å². The van der Waals surface area contributed by atoms with Crippen LogP contribution in [0.15, 0.2) is 24.3 Å². The highest BCUT2D eigenvalue weighted by Gasteiger charge is 2.25. The van der Waals surface area contributed by atoms with E-state index >= 15 is 0 Å². The summed E-state index contributed by atoms with van der Waals surface area (Å²) in [5.41, 5.74) is 2.58. The Morgan fingerprint density at radius 2 is 2.16 bits per heavy atom. The normalized spacial score (nSPS) is 17.9. The maximum absolute atomic E-state index is 12.3. The molecule has 1 aromatic carbocycles. The van der Waals surface area contributed by atoms with Crippen LogP contribution in [0.1, 0.15) is 17.5 Å². The Hall–Kier alpha value is -1.39. The van der Waals surface area contributed by atoms with Crippen molar-refractivity contribution in [1.29, 1.82) is 0 Å². The van der Waals surface area contributed by atoms with Gasteiger partial charge in [0, 0.05) is 33.9 Å². The van der Waals surface area contributed by atoms with E-state index in [1.807, 2.05) is 19.2 Å². The molecule has 2 rings (SSSR count). The summed E-state index contributed by atoms with van der Waals surface area (Å²) in [6.07, 6.45) is 1.66. The molecule has 0 aliphatic carbocycles. The van der Waals surface area contributed by atoms with Crippen molar-refractivity contribution < 1.29 is 9.53 Å². The number of benzene rings is 1. The Bertz CT molecular complexity index is 434. The molecule has 1 N–H and O–H groups in total. The van der Waals surface area contributed by atoms with E-state index in [-0.39, 0.29) is 11.9 Å². The topological polar surface area (TPSA) is 41.6 Å². The Morgan fingerprint density at radius 1 is 1.42 bits per heavy atom. The first-order chi connectivity index (χ1) is 9.22. The summed E-state index contributed by atoms with van der Waals surface area (Å²) in [5, 5.41) is 3.32. The molecule has 0 spiro atoms. The number of hydrogen-bond acceptors (Lipinski definition) is 3.